The average Bonchev–Trinajstić information content (AvgIpc) is 2.80. The third-order valence-corrected chi connectivity index (χ3v) is 2.83. The minimum absolute atomic E-state index is 0.241. The topological polar surface area (TPSA) is 41.6 Å². The summed E-state index contributed by atoms with van der Waals surface area (Å²) in [5.74, 6) is 0.838. The van der Waals surface area contributed by atoms with Crippen LogP contribution in [0.5, 0.6) is 0 Å². The molecule has 1 N–H and O–H groups in total. The molecule has 4 nitrogen and oxygen atoms in total. The molecule has 0 bridgehead atoms. The first-order chi connectivity index (χ1) is 8.20. The summed E-state index contributed by atoms with van der Waals surface area (Å²) in [6, 6.07) is 0. The van der Waals surface area contributed by atoms with Gasteiger partial charge in [-0.25, -0.2) is 0 Å². The Morgan fingerprint density at radius 1 is 1.35 bits per heavy atom. The Kier molecular flexibility index (Phi) is 7.21. The normalized spacial score (nSPS) is 15.8. The second-order valence-electron chi connectivity index (χ2n) is 5.09. The number of carbonyl (C=O) groups excluding carboxylic acids is 1. The Morgan fingerprint density at radius 2 is 2.06 bits per heavy atom. The van der Waals surface area contributed by atoms with Gasteiger partial charge >= 0.3 is 0 Å². The molecule has 1 rings (SSSR count). The minimum atomic E-state index is 0.241. The van der Waals surface area contributed by atoms with E-state index in [-0.39, 0.29) is 5.91 Å². The van der Waals surface area contributed by atoms with Crippen molar-refractivity contribution in [3.05, 3.63) is 0 Å². The molecule has 0 aromatic heterocycles. The molecule has 4 heteroatoms. The number of likely N-dealkylation sites (tertiary alicyclic amines) is 1. The van der Waals surface area contributed by atoms with E-state index in [1.165, 1.54) is 0 Å². The van der Waals surface area contributed by atoms with E-state index in [0.29, 0.717) is 12.5 Å². The van der Waals surface area contributed by atoms with E-state index < -0.39 is 0 Å². The van der Waals surface area contributed by atoms with Gasteiger partial charge in [0, 0.05) is 26.3 Å². The van der Waals surface area contributed by atoms with Gasteiger partial charge < -0.3 is 15.0 Å². The van der Waals surface area contributed by atoms with Crippen LogP contribution in [0.25, 0.3) is 0 Å². The molecule has 100 valence electrons. The lowest BCUT2D eigenvalue weighted by Crippen LogP contribution is -2.36. The first kappa shape index (κ1) is 14.5. The summed E-state index contributed by atoms with van der Waals surface area (Å²) < 4.78 is 5.47. The van der Waals surface area contributed by atoms with Crippen molar-refractivity contribution in [2.45, 2.75) is 33.1 Å². The van der Waals surface area contributed by atoms with Crippen LogP contribution in [-0.2, 0) is 9.53 Å². The first-order valence-corrected chi connectivity index (χ1v) is 6.76. The molecule has 0 aromatic rings. The second kappa shape index (κ2) is 8.48. The largest absolute Gasteiger partial charge is 0.381 e. The average molecular weight is 242 g/mol. The Bertz CT molecular complexity index is 213. The maximum atomic E-state index is 11.7. The molecule has 0 unspecified atom stereocenters. The zero-order valence-corrected chi connectivity index (χ0v) is 11.2. The van der Waals surface area contributed by atoms with Crippen LogP contribution < -0.4 is 5.32 Å². The van der Waals surface area contributed by atoms with Gasteiger partial charge in [0.2, 0.25) is 5.91 Å². The van der Waals surface area contributed by atoms with Crippen molar-refractivity contribution in [2.75, 3.05) is 39.4 Å². The van der Waals surface area contributed by atoms with E-state index >= 15 is 0 Å². The number of nitrogens with one attached hydrogen (secondary N) is 1. The van der Waals surface area contributed by atoms with Gasteiger partial charge in [0.15, 0.2) is 0 Å². The fraction of sp³-hybridized carbons (Fsp3) is 0.923. The summed E-state index contributed by atoms with van der Waals surface area (Å²) >= 11 is 0. The number of rotatable bonds is 8. The van der Waals surface area contributed by atoms with Crippen LogP contribution in [0.4, 0.5) is 0 Å². The van der Waals surface area contributed by atoms with Gasteiger partial charge in [-0.2, -0.15) is 0 Å². The van der Waals surface area contributed by atoms with E-state index in [2.05, 4.69) is 19.2 Å². The summed E-state index contributed by atoms with van der Waals surface area (Å²) in [4.78, 5) is 13.6. The van der Waals surface area contributed by atoms with Gasteiger partial charge in [0.1, 0.15) is 0 Å². The van der Waals surface area contributed by atoms with Crippen molar-refractivity contribution in [3.8, 4) is 0 Å². The van der Waals surface area contributed by atoms with Crippen molar-refractivity contribution in [3.63, 3.8) is 0 Å². The smallest absolute Gasteiger partial charge is 0.236 e. The van der Waals surface area contributed by atoms with Gasteiger partial charge in [-0.1, -0.05) is 13.8 Å². The maximum absolute atomic E-state index is 11.7. The monoisotopic (exact) mass is 242 g/mol. The van der Waals surface area contributed by atoms with Crippen LogP contribution in [-0.4, -0.2) is 50.2 Å². The van der Waals surface area contributed by atoms with Gasteiger partial charge in [-0.3, -0.25) is 4.79 Å². The number of hydrogen-bond donors (Lipinski definition) is 1. The SMILES string of the molecule is CC(C)COCCCNCC(=O)N1CCCC1. The molecule has 0 atom stereocenters. The summed E-state index contributed by atoms with van der Waals surface area (Å²) in [5.41, 5.74) is 0. The lowest BCUT2D eigenvalue weighted by molar-refractivity contribution is -0.129. The molecule has 0 aliphatic carbocycles. The molecule has 0 spiro atoms. The molecule has 0 radical (unpaired) electrons. The van der Waals surface area contributed by atoms with E-state index in [4.69, 9.17) is 4.74 Å². The molecule has 1 aliphatic rings. The standard InChI is InChI=1S/C13H26N2O2/c1-12(2)11-17-9-5-6-14-10-13(16)15-7-3-4-8-15/h12,14H,3-11H2,1-2H3. The lowest BCUT2D eigenvalue weighted by atomic mass is 10.2. The Labute approximate surface area is 105 Å². The molecular weight excluding hydrogens is 216 g/mol. The molecule has 0 saturated carbocycles. The lowest BCUT2D eigenvalue weighted by Gasteiger charge is -2.15. The van der Waals surface area contributed by atoms with E-state index in [9.17, 15) is 4.79 Å². The molecule has 17 heavy (non-hydrogen) atoms. The third kappa shape index (κ3) is 6.64. The highest BCUT2D eigenvalue weighted by Gasteiger charge is 2.16. The van der Waals surface area contributed by atoms with Crippen LogP contribution in [0, 0.1) is 5.92 Å². The molecule has 0 aromatic carbocycles. The summed E-state index contributed by atoms with van der Waals surface area (Å²) in [6.45, 7) is 9.12. The fourth-order valence-corrected chi connectivity index (χ4v) is 1.89. The van der Waals surface area contributed by atoms with Crippen molar-refractivity contribution >= 4 is 5.91 Å². The maximum Gasteiger partial charge on any atom is 0.236 e. The second-order valence-corrected chi connectivity index (χ2v) is 5.09. The van der Waals surface area contributed by atoms with Crippen LogP contribution in [0.3, 0.4) is 0 Å². The van der Waals surface area contributed by atoms with Crippen molar-refractivity contribution in [2.24, 2.45) is 5.92 Å². The van der Waals surface area contributed by atoms with Gasteiger partial charge in [-0.05, 0) is 31.7 Å². The van der Waals surface area contributed by atoms with Crippen molar-refractivity contribution in [1.82, 2.24) is 10.2 Å². The summed E-state index contributed by atoms with van der Waals surface area (Å²) in [7, 11) is 0. The van der Waals surface area contributed by atoms with Crippen LogP contribution >= 0.6 is 0 Å². The Hall–Kier alpha value is -0.610. The van der Waals surface area contributed by atoms with Crippen molar-refractivity contribution in [1.29, 1.82) is 0 Å². The Balaban J connectivity index is 1.88. The number of amides is 1. The van der Waals surface area contributed by atoms with Gasteiger partial charge in [0.05, 0.1) is 6.54 Å². The first-order valence-electron chi connectivity index (χ1n) is 6.76. The zero-order chi connectivity index (χ0) is 12.5. The Morgan fingerprint density at radius 3 is 2.71 bits per heavy atom. The highest BCUT2D eigenvalue weighted by Crippen LogP contribution is 2.06. The third-order valence-electron chi connectivity index (χ3n) is 2.83. The number of hydrogen-bond acceptors (Lipinski definition) is 3. The quantitative estimate of drug-likeness (QED) is 0.652. The van der Waals surface area contributed by atoms with Crippen LogP contribution in [0.15, 0.2) is 0 Å². The summed E-state index contributed by atoms with van der Waals surface area (Å²) in [5, 5.41) is 3.18. The highest BCUT2D eigenvalue weighted by atomic mass is 16.5. The minimum Gasteiger partial charge on any atom is -0.381 e. The molecule has 1 saturated heterocycles. The van der Waals surface area contributed by atoms with Crippen molar-refractivity contribution < 1.29 is 9.53 Å². The van der Waals surface area contributed by atoms with Gasteiger partial charge in [-0.15, -0.1) is 0 Å². The summed E-state index contributed by atoms with van der Waals surface area (Å²) in [6.07, 6.45) is 3.30. The fourth-order valence-electron chi connectivity index (χ4n) is 1.89. The van der Waals surface area contributed by atoms with E-state index in [1.54, 1.807) is 0 Å². The number of ether oxygens (including phenoxy) is 1. The van der Waals surface area contributed by atoms with Crippen LogP contribution in [0.2, 0.25) is 0 Å². The molecule has 1 heterocycles. The van der Waals surface area contributed by atoms with E-state index in [0.717, 1.165) is 52.1 Å². The number of nitrogens with zero attached hydrogens (tertiary/aromatic N) is 1. The predicted molar refractivity (Wildman–Crippen MR) is 69.0 cm³/mol. The molecule has 1 amide bonds. The number of carbonyl (C=O) groups is 1. The molecule has 1 fully saturated rings. The molecular formula is C13H26N2O2. The zero-order valence-electron chi connectivity index (χ0n) is 11.2. The predicted octanol–water partition coefficient (Wildman–Crippen LogP) is 1.26. The van der Waals surface area contributed by atoms with Crippen LogP contribution in [0.1, 0.15) is 33.1 Å². The van der Waals surface area contributed by atoms with E-state index in [1.807, 2.05) is 4.90 Å². The molecule has 1 aliphatic heterocycles. The van der Waals surface area contributed by atoms with Gasteiger partial charge in [0.25, 0.3) is 0 Å². The highest BCUT2D eigenvalue weighted by molar-refractivity contribution is 5.78.